The summed E-state index contributed by atoms with van der Waals surface area (Å²) in [6.07, 6.45) is -0.615. The number of aliphatic hydroxyl groups is 1. The summed E-state index contributed by atoms with van der Waals surface area (Å²) in [5.74, 6) is 0.611. The average molecular weight is 552 g/mol. The van der Waals surface area contributed by atoms with Gasteiger partial charge in [-0.2, -0.15) is 0 Å². The summed E-state index contributed by atoms with van der Waals surface area (Å²) >= 11 is 0. The molecule has 3 aliphatic rings. The molecule has 0 bridgehead atoms. The molecule has 40 heavy (non-hydrogen) atoms. The molecule has 4 unspecified atom stereocenters. The molecule has 0 radical (unpaired) electrons. The molecule has 3 N–H and O–H groups in total. The van der Waals surface area contributed by atoms with Crippen LogP contribution in [0.4, 0.5) is 4.79 Å². The highest BCUT2D eigenvalue weighted by Crippen LogP contribution is 2.47. The number of nitrogens with zero attached hydrogens (tertiary/aromatic N) is 1. The molecule has 1 saturated carbocycles. The number of fused-ring (bicyclic) bond motifs is 2. The fraction of sp³-hybridized carbons (Fsp3) is 0.500. The number of benzene rings is 2. The molecule has 0 spiro atoms. The van der Waals surface area contributed by atoms with E-state index >= 15 is 0 Å². The van der Waals surface area contributed by atoms with Gasteiger partial charge < -0.3 is 34.9 Å². The standard InChI is InChI=1S/C30H37N3O7/c1-16-24(17-7-6-8-19(11-17)38-10-9-34)20-12-18(13-21(26(20)39-16)28(36)31-5)27(35)32-25-22-14-33(15-23(22)25)29(37)40-30(2,3)4/h6-8,11-13,16,22-25,34H,9-10,14-15H2,1-5H3,(H,31,36)(H,32,35). The number of carbonyl (C=O) groups is 3. The van der Waals surface area contributed by atoms with Crippen molar-refractivity contribution in [2.24, 2.45) is 11.8 Å². The third kappa shape index (κ3) is 5.45. The zero-order valence-electron chi connectivity index (χ0n) is 23.5. The minimum atomic E-state index is -0.555. The number of aliphatic hydroxyl groups excluding tert-OH is 1. The zero-order valence-corrected chi connectivity index (χ0v) is 23.5. The molecule has 214 valence electrons. The molecular weight excluding hydrogens is 514 g/mol. The van der Waals surface area contributed by atoms with Crippen molar-refractivity contribution < 1.29 is 33.7 Å². The Labute approximate surface area is 234 Å². The third-order valence-electron chi connectivity index (χ3n) is 7.68. The Morgan fingerprint density at radius 3 is 2.48 bits per heavy atom. The van der Waals surface area contributed by atoms with Gasteiger partial charge in [0.1, 0.15) is 29.8 Å². The van der Waals surface area contributed by atoms with Gasteiger partial charge in [-0.05, 0) is 57.5 Å². The lowest BCUT2D eigenvalue weighted by atomic mass is 9.86. The maximum atomic E-state index is 13.5. The molecular formula is C30H37N3O7. The van der Waals surface area contributed by atoms with E-state index in [4.69, 9.17) is 19.3 Å². The van der Waals surface area contributed by atoms with E-state index in [1.165, 1.54) is 0 Å². The highest BCUT2D eigenvalue weighted by Gasteiger charge is 2.58. The first kappa shape index (κ1) is 27.8. The number of rotatable bonds is 7. The summed E-state index contributed by atoms with van der Waals surface area (Å²) < 4.78 is 17.3. The summed E-state index contributed by atoms with van der Waals surface area (Å²) in [6, 6.07) is 10.9. The molecule has 2 heterocycles. The minimum Gasteiger partial charge on any atom is -0.491 e. The average Bonchev–Trinajstić information content (AvgIpc) is 3.22. The first-order chi connectivity index (χ1) is 19.0. The van der Waals surface area contributed by atoms with E-state index in [1.54, 1.807) is 24.1 Å². The molecule has 2 aromatic rings. The van der Waals surface area contributed by atoms with E-state index in [1.807, 2.05) is 52.0 Å². The van der Waals surface area contributed by atoms with Gasteiger partial charge in [-0.25, -0.2) is 4.79 Å². The summed E-state index contributed by atoms with van der Waals surface area (Å²) in [4.78, 5) is 40.4. The van der Waals surface area contributed by atoms with E-state index in [0.29, 0.717) is 35.7 Å². The Morgan fingerprint density at radius 1 is 1.10 bits per heavy atom. The highest BCUT2D eigenvalue weighted by molar-refractivity contribution is 6.02. The largest absolute Gasteiger partial charge is 0.491 e. The van der Waals surface area contributed by atoms with Gasteiger partial charge in [0.2, 0.25) is 0 Å². The van der Waals surface area contributed by atoms with Gasteiger partial charge >= 0.3 is 6.09 Å². The molecule has 5 rings (SSSR count). The minimum absolute atomic E-state index is 0.0331. The molecule has 1 aliphatic carbocycles. The quantitative estimate of drug-likeness (QED) is 0.483. The molecule has 2 fully saturated rings. The Morgan fingerprint density at radius 2 is 1.82 bits per heavy atom. The van der Waals surface area contributed by atoms with Crippen LogP contribution >= 0.6 is 0 Å². The predicted molar refractivity (Wildman–Crippen MR) is 147 cm³/mol. The first-order valence-corrected chi connectivity index (χ1v) is 13.7. The molecule has 4 atom stereocenters. The van der Waals surface area contributed by atoms with Crippen molar-refractivity contribution in [3.63, 3.8) is 0 Å². The Kier molecular flexibility index (Phi) is 7.39. The lowest BCUT2D eigenvalue weighted by Gasteiger charge is -2.26. The number of hydrogen-bond acceptors (Lipinski definition) is 7. The van der Waals surface area contributed by atoms with Crippen LogP contribution in [0.5, 0.6) is 11.5 Å². The van der Waals surface area contributed by atoms with Crippen molar-refractivity contribution in [3.05, 3.63) is 58.7 Å². The summed E-state index contributed by atoms with van der Waals surface area (Å²) in [5.41, 5.74) is 1.80. The summed E-state index contributed by atoms with van der Waals surface area (Å²) in [7, 11) is 1.54. The Balaban J connectivity index is 1.36. The fourth-order valence-electron chi connectivity index (χ4n) is 5.82. The van der Waals surface area contributed by atoms with Crippen molar-refractivity contribution in [2.45, 2.75) is 51.4 Å². The smallest absolute Gasteiger partial charge is 0.410 e. The number of carbonyl (C=O) groups excluding carboxylic acids is 3. The van der Waals surface area contributed by atoms with Crippen LogP contribution in [0.2, 0.25) is 0 Å². The molecule has 3 amide bonds. The number of nitrogens with one attached hydrogen (secondary N) is 2. The van der Waals surface area contributed by atoms with Gasteiger partial charge in [-0.3, -0.25) is 9.59 Å². The molecule has 2 aliphatic heterocycles. The van der Waals surface area contributed by atoms with Crippen LogP contribution < -0.4 is 20.1 Å². The van der Waals surface area contributed by atoms with Crippen molar-refractivity contribution in [1.82, 2.24) is 15.5 Å². The lowest BCUT2D eigenvalue weighted by molar-refractivity contribution is 0.0269. The van der Waals surface area contributed by atoms with E-state index in [0.717, 1.165) is 11.1 Å². The van der Waals surface area contributed by atoms with Crippen LogP contribution in [0.25, 0.3) is 0 Å². The topological polar surface area (TPSA) is 126 Å². The summed E-state index contributed by atoms with van der Waals surface area (Å²) in [5, 5.41) is 14.9. The Bertz CT molecular complexity index is 1310. The normalized spacial score (nSPS) is 24.4. The molecule has 10 nitrogen and oxygen atoms in total. The maximum absolute atomic E-state index is 13.5. The fourth-order valence-corrected chi connectivity index (χ4v) is 5.82. The monoisotopic (exact) mass is 551 g/mol. The first-order valence-electron chi connectivity index (χ1n) is 13.7. The SMILES string of the molecule is CNC(=O)c1cc(C(=O)NC2C3CN(C(=O)OC(C)(C)C)CC32)cc2c1OC(C)C2c1cccc(OCCO)c1. The summed E-state index contributed by atoms with van der Waals surface area (Å²) in [6.45, 7) is 8.62. The van der Waals surface area contributed by atoms with Gasteiger partial charge in [0.15, 0.2) is 0 Å². The number of amides is 3. The van der Waals surface area contributed by atoms with E-state index in [-0.39, 0.29) is 61.0 Å². The second kappa shape index (κ2) is 10.6. The van der Waals surface area contributed by atoms with Gasteiger partial charge in [0.25, 0.3) is 11.8 Å². The molecule has 10 heteroatoms. The van der Waals surface area contributed by atoms with Crippen LogP contribution in [-0.4, -0.2) is 79.0 Å². The van der Waals surface area contributed by atoms with Crippen LogP contribution in [0.3, 0.4) is 0 Å². The molecule has 1 saturated heterocycles. The van der Waals surface area contributed by atoms with Crippen molar-refractivity contribution >= 4 is 17.9 Å². The molecule has 0 aromatic heterocycles. The number of piperidine rings is 1. The van der Waals surface area contributed by atoms with Crippen molar-refractivity contribution in [3.8, 4) is 11.5 Å². The van der Waals surface area contributed by atoms with E-state index in [2.05, 4.69) is 10.6 Å². The van der Waals surface area contributed by atoms with E-state index in [9.17, 15) is 14.4 Å². The van der Waals surface area contributed by atoms with Crippen LogP contribution in [-0.2, 0) is 4.74 Å². The second-order valence-electron chi connectivity index (χ2n) is 11.7. The highest BCUT2D eigenvalue weighted by atomic mass is 16.6. The van der Waals surface area contributed by atoms with Gasteiger partial charge in [-0.1, -0.05) is 12.1 Å². The van der Waals surface area contributed by atoms with Crippen molar-refractivity contribution in [1.29, 1.82) is 0 Å². The van der Waals surface area contributed by atoms with Crippen molar-refractivity contribution in [2.75, 3.05) is 33.4 Å². The number of likely N-dealkylation sites (tertiary alicyclic amines) is 1. The van der Waals surface area contributed by atoms with E-state index < -0.39 is 5.60 Å². The lowest BCUT2D eigenvalue weighted by Crippen LogP contribution is -2.40. The predicted octanol–water partition coefficient (Wildman–Crippen LogP) is 2.93. The van der Waals surface area contributed by atoms with Gasteiger partial charge in [0, 0.05) is 55.1 Å². The molecule has 2 aromatic carbocycles. The van der Waals surface area contributed by atoms with Gasteiger partial charge in [-0.15, -0.1) is 0 Å². The number of ether oxygens (including phenoxy) is 3. The van der Waals surface area contributed by atoms with Gasteiger partial charge in [0.05, 0.1) is 12.2 Å². The zero-order chi connectivity index (χ0) is 28.8. The maximum Gasteiger partial charge on any atom is 0.410 e. The van der Waals surface area contributed by atoms with Crippen LogP contribution in [0, 0.1) is 11.8 Å². The third-order valence-corrected chi connectivity index (χ3v) is 7.68. The van der Waals surface area contributed by atoms with Crippen LogP contribution in [0.15, 0.2) is 36.4 Å². The second-order valence-corrected chi connectivity index (χ2v) is 11.7. The number of hydrogen-bond donors (Lipinski definition) is 3. The van der Waals surface area contributed by atoms with Crippen LogP contribution in [0.1, 0.15) is 65.5 Å². The Hall–Kier alpha value is -3.79.